The number of benzene rings is 1. The van der Waals surface area contributed by atoms with Crippen molar-refractivity contribution in [2.45, 2.75) is 13.5 Å². The summed E-state index contributed by atoms with van der Waals surface area (Å²) in [5.74, 6) is -0.119. The third kappa shape index (κ3) is 3.89. The van der Waals surface area contributed by atoms with Crippen LogP contribution in [-0.4, -0.2) is 19.5 Å². The molecule has 3 N–H and O–H groups in total. The van der Waals surface area contributed by atoms with Gasteiger partial charge in [0.25, 0.3) is 5.91 Å². The summed E-state index contributed by atoms with van der Waals surface area (Å²) in [4.78, 5) is 14.5. The summed E-state index contributed by atoms with van der Waals surface area (Å²) in [7, 11) is 1.97. The molecule has 0 saturated carbocycles. The van der Waals surface area contributed by atoms with Crippen molar-refractivity contribution in [2.75, 3.05) is 24.2 Å². The van der Waals surface area contributed by atoms with Crippen LogP contribution in [0.4, 0.5) is 10.7 Å². The highest BCUT2D eigenvalue weighted by atomic mass is 35.5. The maximum Gasteiger partial charge on any atom is 0.263 e. The van der Waals surface area contributed by atoms with Gasteiger partial charge in [-0.1, -0.05) is 23.7 Å². The fraction of sp³-hybridized carbons (Fsp3) is 0.267. The lowest BCUT2D eigenvalue weighted by Gasteiger charge is -2.16. The minimum absolute atomic E-state index is 0.119. The Morgan fingerprint density at radius 1 is 1.38 bits per heavy atom. The van der Waals surface area contributed by atoms with Crippen molar-refractivity contribution >= 4 is 39.5 Å². The standard InChI is InChI=1S/C15H18ClN3OS/c1-3-18-15(20)14-12(17)8-13(21-14)19(2)9-10-4-6-11(16)7-5-10/h4-8H,3,9,17H2,1-2H3,(H,18,20). The number of hydrogen-bond acceptors (Lipinski definition) is 4. The fourth-order valence-electron chi connectivity index (χ4n) is 1.94. The number of thiophene rings is 1. The number of anilines is 2. The Morgan fingerprint density at radius 3 is 2.67 bits per heavy atom. The molecule has 1 amide bonds. The molecule has 1 aromatic carbocycles. The van der Waals surface area contributed by atoms with E-state index in [0.29, 0.717) is 17.1 Å². The second kappa shape index (κ2) is 6.83. The summed E-state index contributed by atoms with van der Waals surface area (Å²) >= 11 is 7.28. The van der Waals surface area contributed by atoms with Crippen molar-refractivity contribution in [3.8, 4) is 0 Å². The molecule has 0 aliphatic carbocycles. The highest BCUT2D eigenvalue weighted by Crippen LogP contribution is 2.32. The van der Waals surface area contributed by atoms with E-state index < -0.39 is 0 Å². The smallest absolute Gasteiger partial charge is 0.263 e. The molecular weight excluding hydrogens is 306 g/mol. The van der Waals surface area contributed by atoms with Gasteiger partial charge in [0.15, 0.2) is 0 Å². The first kappa shape index (κ1) is 15.7. The lowest BCUT2D eigenvalue weighted by atomic mass is 10.2. The third-order valence-corrected chi connectivity index (χ3v) is 4.52. The molecule has 1 aromatic heterocycles. The molecule has 0 fully saturated rings. The lowest BCUT2D eigenvalue weighted by molar-refractivity contribution is 0.0960. The van der Waals surface area contributed by atoms with Crippen LogP contribution in [0.1, 0.15) is 22.2 Å². The molecule has 0 aliphatic rings. The first-order valence-electron chi connectivity index (χ1n) is 6.64. The Hall–Kier alpha value is -1.72. The van der Waals surface area contributed by atoms with Crippen LogP contribution >= 0.6 is 22.9 Å². The van der Waals surface area contributed by atoms with Crippen LogP contribution < -0.4 is 16.0 Å². The summed E-state index contributed by atoms with van der Waals surface area (Å²) in [6.07, 6.45) is 0. The van der Waals surface area contributed by atoms with Gasteiger partial charge in [-0.2, -0.15) is 0 Å². The molecule has 0 aliphatic heterocycles. The third-order valence-electron chi connectivity index (χ3n) is 3.00. The number of nitrogens with zero attached hydrogens (tertiary/aromatic N) is 1. The summed E-state index contributed by atoms with van der Waals surface area (Å²) in [6.45, 7) is 3.20. The van der Waals surface area contributed by atoms with Crippen molar-refractivity contribution in [3.63, 3.8) is 0 Å². The zero-order valence-electron chi connectivity index (χ0n) is 12.0. The number of rotatable bonds is 5. The predicted octanol–water partition coefficient (Wildman–Crippen LogP) is 3.37. The average Bonchev–Trinajstić information content (AvgIpc) is 2.84. The van der Waals surface area contributed by atoms with E-state index in [-0.39, 0.29) is 5.91 Å². The van der Waals surface area contributed by atoms with Crippen molar-refractivity contribution < 1.29 is 4.79 Å². The largest absolute Gasteiger partial charge is 0.397 e. The van der Waals surface area contributed by atoms with E-state index in [9.17, 15) is 4.79 Å². The minimum Gasteiger partial charge on any atom is -0.397 e. The SMILES string of the molecule is CCNC(=O)c1sc(N(C)Cc2ccc(Cl)cc2)cc1N. The van der Waals surface area contributed by atoms with Gasteiger partial charge < -0.3 is 16.0 Å². The Balaban J connectivity index is 2.12. The van der Waals surface area contributed by atoms with Gasteiger partial charge in [-0.3, -0.25) is 4.79 Å². The van der Waals surface area contributed by atoms with E-state index in [1.807, 2.05) is 44.3 Å². The molecule has 2 aromatic rings. The Morgan fingerprint density at radius 2 is 2.05 bits per heavy atom. The second-order valence-electron chi connectivity index (χ2n) is 4.71. The van der Waals surface area contributed by atoms with E-state index in [1.165, 1.54) is 11.3 Å². The Labute approximate surface area is 133 Å². The molecule has 0 spiro atoms. The molecule has 0 unspecified atom stereocenters. The van der Waals surface area contributed by atoms with Crippen LogP contribution in [-0.2, 0) is 6.54 Å². The van der Waals surface area contributed by atoms with Crippen molar-refractivity contribution in [2.24, 2.45) is 0 Å². The molecule has 0 saturated heterocycles. The molecular formula is C15H18ClN3OS. The second-order valence-corrected chi connectivity index (χ2v) is 6.18. The fourth-order valence-corrected chi connectivity index (χ4v) is 3.02. The number of nitrogen functional groups attached to an aromatic ring is 1. The summed E-state index contributed by atoms with van der Waals surface area (Å²) in [5, 5.41) is 4.45. The lowest BCUT2D eigenvalue weighted by Crippen LogP contribution is -2.22. The van der Waals surface area contributed by atoms with Gasteiger partial charge in [0, 0.05) is 25.2 Å². The highest BCUT2D eigenvalue weighted by molar-refractivity contribution is 7.18. The Kier molecular flexibility index (Phi) is 5.09. The molecule has 0 radical (unpaired) electrons. The van der Waals surface area contributed by atoms with Crippen LogP contribution in [0.3, 0.4) is 0 Å². The van der Waals surface area contributed by atoms with Crippen molar-refractivity contribution in [1.82, 2.24) is 5.32 Å². The molecule has 21 heavy (non-hydrogen) atoms. The molecule has 0 atom stereocenters. The average molecular weight is 324 g/mol. The number of halogens is 1. The number of carbonyl (C=O) groups is 1. The Bertz CT molecular complexity index is 624. The quantitative estimate of drug-likeness (QED) is 0.887. The number of carbonyl (C=O) groups excluding carboxylic acids is 1. The monoisotopic (exact) mass is 323 g/mol. The van der Waals surface area contributed by atoms with Gasteiger partial charge >= 0.3 is 0 Å². The summed E-state index contributed by atoms with van der Waals surface area (Å²) in [6, 6.07) is 9.55. The normalized spacial score (nSPS) is 10.4. The number of amides is 1. The van der Waals surface area contributed by atoms with E-state index in [4.69, 9.17) is 17.3 Å². The van der Waals surface area contributed by atoms with Crippen LogP contribution in [0.2, 0.25) is 5.02 Å². The first-order chi connectivity index (χ1) is 10.0. The van der Waals surface area contributed by atoms with Crippen LogP contribution in [0, 0.1) is 0 Å². The van der Waals surface area contributed by atoms with Gasteiger partial charge in [-0.05, 0) is 30.7 Å². The number of hydrogen-bond donors (Lipinski definition) is 2. The zero-order chi connectivity index (χ0) is 15.4. The van der Waals surface area contributed by atoms with Crippen molar-refractivity contribution in [1.29, 1.82) is 0 Å². The van der Waals surface area contributed by atoms with Crippen LogP contribution in [0.5, 0.6) is 0 Å². The van der Waals surface area contributed by atoms with E-state index in [2.05, 4.69) is 10.2 Å². The van der Waals surface area contributed by atoms with Gasteiger partial charge in [-0.25, -0.2) is 0 Å². The van der Waals surface area contributed by atoms with Gasteiger partial charge in [0.05, 0.1) is 10.7 Å². The van der Waals surface area contributed by atoms with Crippen LogP contribution in [0.15, 0.2) is 30.3 Å². The molecule has 6 heteroatoms. The number of nitrogens with one attached hydrogen (secondary N) is 1. The summed E-state index contributed by atoms with van der Waals surface area (Å²) in [5.41, 5.74) is 7.59. The molecule has 112 valence electrons. The van der Waals surface area contributed by atoms with E-state index >= 15 is 0 Å². The molecule has 4 nitrogen and oxygen atoms in total. The molecule has 0 bridgehead atoms. The topological polar surface area (TPSA) is 58.4 Å². The van der Waals surface area contributed by atoms with Gasteiger partial charge in [0.1, 0.15) is 4.88 Å². The molecule has 1 heterocycles. The maximum absolute atomic E-state index is 11.9. The minimum atomic E-state index is -0.119. The first-order valence-corrected chi connectivity index (χ1v) is 7.83. The van der Waals surface area contributed by atoms with E-state index in [1.54, 1.807) is 0 Å². The summed E-state index contributed by atoms with van der Waals surface area (Å²) < 4.78 is 0. The maximum atomic E-state index is 11.9. The van der Waals surface area contributed by atoms with E-state index in [0.717, 1.165) is 22.1 Å². The zero-order valence-corrected chi connectivity index (χ0v) is 13.6. The molecule has 2 rings (SSSR count). The van der Waals surface area contributed by atoms with Crippen molar-refractivity contribution in [3.05, 3.63) is 45.8 Å². The van der Waals surface area contributed by atoms with Gasteiger partial charge in [-0.15, -0.1) is 11.3 Å². The number of nitrogens with two attached hydrogens (primary N) is 1. The predicted molar refractivity (Wildman–Crippen MR) is 90.3 cm³/mol. The van der Waals surface area contributed by atoms with Crippen LogP contribution in [0.25, 0.3) is 0 Å². The van der Waals surface area contributed by atoms with Gasteiger partial charge in [0.2, 0.25) is 0 Å². The highest BCUT2D eigenvalue weighted by Gasteiger charge is 2.15.